The number of fused-ring (bicyclic) bond motifs is 1. The van der Waals surface area contributed by atoms with Crippen molar-refractivity contribution in [3.63, 3.8) is 0 Å². The second kappa shape index (κ2) is 3.73. The van der Waals surface area contributed by atoms with Crippen LogP contribution in [0.15, 0.2) is 6.07 Å². The van der Waals surface area contributed by atoms with Crippen LogP contribution in [0.1, 0.15) is 33.5 Å². The van der Waals surface area contributed by atoms with E-state index in [4.69, 9.17) is 4.74 Å². The predicted molar refractivity (Wildman–Crippen MR) is 56.8 cm³/mol. The van der Waals surface area contributed by atoms with Crippen molar-refractivity contribution in [3.8, 4) is 0 Å². The molecule has 1 aliphatic carbocycles. The molecule has 0 saturated heterocycles. The quantitative estimate of drug-likeness (QED) is 0.666. The number of aryl methyl sites for hydroxylation is 1. The van der Waals surface area contributed by atoms with Crippen LogP contribution < -0.4 is 0 Å². The second-order valence-corrected chi connectivity index (χ2v) is 5.04. The molecule has 1 aromatic rings. The van der Waals surface area contributed by atoms with Gasteiger partial charge in [0.15, 0.2) is 0 Å². The zero-order chi connectivity index (χ0) is 10.1. The Morgan fingerprint density at radius 2 is 2.43 bits per heavy atom. The van der Waals surface area contributed by atoms with Crippen molar-refractivity contribution in [3.05, 3.63) is 21.4 Å². The minimum atomic E-state index is -0.197. The first-order chi connectivity index (χ1) is 6.70. The average Bonchev–Trinajstić information content (AvgIpc) is 2.59. The number of methoxy groups -OCH3 is 1. The number of rotatable bonds is 1. The van der Waals surface area contributed by atoms with Crippen molar-refractivity contribution in [2.45, 2.75) is 26.2 Å². The van der Waals surface area contributed by atoms with Crippen LogP contribution in [0.3, 0.4) is 0 Å². The molecule has 0 saturated carbocycles. The van der Waals surface area contributed by atoms with Crippen LogP contribution in [0.2, 0.25) is 0 Å². The van der Waals surface area contributed by atoms with E-state index >= 15 is 0 Å². The third kappa shape index (κ3) is 1.69. The first-order valence-electron chi connectivity index (χ1n) is 4.90. The Hall–Kier alpha value is -0.830. The molecule has 76 valence electrons. The molecule has 2 rings (SSSR count). The molecule has 0 N–H and O–H groups in total. The Balaban J connectivity index is 2.27. The van der Waals surface area contributed by atoms with E-state index in [1.165, 1.54) is 24.0 Å². The largest absolute Gasteiger partial charge is 0.465 e. The van der Waals surface area contributed by atoms with Gasteiger partial charge in [0.2, 0.25) is 0 Å². The van der Waals surface area contributed by atoms with Gasteiger partial charge in [-0.2, -0.15) is 0 Å². The van der Waals surface area contributed by atoms with E-state index in [1.54, 1.807) is 11.3 Å². The molecule has 0 aliphatic heterocycles. The summed E-state index contributed by atoms with van der Waals surface area (Å²) in [4.78, 5) is 13.4. The number of carbonyl (C=O) groups is 1. The van der Waals surface area contributed by atoms with E-state index in [0.717, 1.165) is 23.6 Å². The van der Waals surface area contributed by atoms with Crippen LogP contribution in [0.5, 0.6) is 0 Å². The molecule has 1 aliphatic rings. The number of thiophene rings is 1. The van der Waals surface area contributed by atoms with E-state index in [2.05, 4.69) is 6.92 Å². The third-order valence-electron chi connectivity index (χ3n) is 2.72. The lowest BCUT2D eigenvalue weighted by atomic mass is 9.90. The van der Waals surface area contributed by atoms with Gasteiger partial charge >= 0.3 is 5.97 Å². The van der Waals surface area contributed by atoms with Crippen molar-refractivity contribution in [1.29, 1.82) is 0 Å². The molecular weight excluding hydrogens is 196 g/mol. The van der Waals surface area contributed by atoms with Gasteiger partial charge in [-0.1, -0.05) is 6.92 Å². The summed E-state index contributed by atoms with van der Waals surface area (Å²) >= 11 is 1.60. The van der Waals surface area contributed by atoms with Crippen molar-refractivity contribution < 1.29 is 9.53 Å². The summed E-state index contributed by atoms with van der Waals surface area (Å²) < 4.78 is 4.71. The summed E-state index contributed by atoms with van der Waals surface area (Å²) in [6.07, 6.45) is 3.48. The maximum Gasteiger partial charge on any atom is 0.348 e. The molecule has 0 spiro atoms. The summed E-state index contributed by atoms with van der Waals surface area (Å²) in [6.45, 7) is 2.26. The van der Waals surface area contributed by atoms with Gasteiger partial charge < -0.3 is 4.74 Å². The van der Waals surface area contributed by atoms with Crippen molar-refractivity contribution in [2.24, 2.45) is 5.92 Å². The predicted octanol–water partition coefficient (Wildman–Crippen LogP) is 2.66. The number of esters is 1. The highest BCUT2D eigenvalue weighted by atomic mass is 32.1. The Morgan fingerprint density at radius 1 is 1.64 bits per heavy atom. The number of ether oxygens (including phenoxy) is 1. The van der Waals surface area contributed by atoms with E-state index in [-0.39, 0.29) is 5.97 Å². The van der Waals surface area contributed by atoms with E-state index in [9.17, 15) is 4.79 Å². The maximum atomic E-state index is 11.3. The van der Waals surface area contributed by atoms with Crippen molar-refractivity contribution in [2.75, 3.05) is 7.11 Å². The highest BCUT2D eigenvalue weighted by molar-refractivity contribution is 7.14. The van der Waals surface area contributed by atoms with Crippen LogP contribution in [-0.4, -0.2) is 13.1 Å². The lowest BCUT2D eigenvalue weighted by Crippen LogP contribution is -2.08. The lowest BCUT2D eigenvalue weighted by Gasteiger charge is -2.16. The first-order valence-corrected chi connectivity index (χ1v) is 5.72. The zero-order valence-corrected chi connectivity index (χ0v) is 9.32. The van der Waals surface area contributed by atoms with Gasteiger partial charge in [-0.05, 0) is 36.8 Å². The summed E-state index contributed by atoms with van der Waals surface area (Å²) in [5.41, 5.74) is 1.36. The molecule has 0 radical (unpaired) electrons. The van der Waals surface area contributed by atoms with Crippen LogP contribution >= 0.6 is 11.3 Å². The van der Waals surface area contributed by atoms with Crippen LogP contribution in [-0.2, 0) is 17.6 Å². The Kier molecular flexibility index (Phi) is 2.59. The van der Waals surface area contributed by atoms with E-state index in [1.807, 2.05) is 6.07 Å². The van der Waals surface area contributed by atoms with Gasteiger partial charge in [0.25, 0.3) is 0 Å². The van der Waals surface area contributed by atoms with Crippen LogP contribution in [0, 0.1) is 5.92 Å². The summed E-state index contributed by atoms with van der Waals surface area (Å²) in [6, 6.07) is 2.00. The second-order valence-electron chi connectivity index (χ2n) is 3.90. The van der Waals surface area contributed by atoms with Crippen molar-refractivity contribution in [1.82, 2.24) is 0 Å². The van der Waals surface area contributed by atoms with Crippen molar-refractivity contribution >= 4 is 17.3 Å². The highest BCUT2D eigenvalue weighted by Crippen LogP contribution is 2.32. The number of hydrogen-bond acceptors (Lipinski definition) is 3. The Bertz CT molecular complexity index is 354. The lowest BCUT2D eigenvalue weighted by molar-refractivity contribution is 0.0606. The molecule has 1 atom stereocenters. The summed E-state index contributed by atoms with van der Waals surface area (Å²) in [7, 11) is 1.43. The van der Waals surface area contributed by atoms with Gasteiger partial charge in [-0.3, -0.25) is 0 Å². The molecule has 3 heteroatoms. The van der Waals surface area contributed by atoms with Gasteiger partial charge in [-0.25, -0.2) is 4.79 Å². The van der Waals surface area contributed by atoms with Gasteiger partial charge in [0, 0.05) is 4.88 Å². The molecule has 0 aromatic carbocycles. The number of hydrogen-bond donors (Lipinski definition) is 0. The Morgan fingerprint density at radius 3 is 3.14 bits per heavy atom. The summed E-state index contributed by atoms with van der Waals surface area (Å²) in [5, 5.41) is 0. The maximum absolute atomic E-state index is 11.3. The van der Waals surface area contributed by atoms with E-state index in [0.29, 0.717) is 0 Å². The zero-order valence-electron chi connectivity index (χ0n) is 8.50. The smallest absolute Gasteiger partial charge is 0.348 e. The standard InChI is InChI=1S/C11H14O2S/c1-7-3-4-9-8(5-7)6-10(14-9)11(12)13-2/h6-7H,3-5H2,1-2H3/t7-/m0/s1. The first kappa shape index (κ1) is 9.71. The molecular formula is C11H14O2S. The topological polar surface area (TPSA) is 26.3 Å². The molecule has 0 bridgehead atoms. The molecule has 0 amide bonds. The molecule has 0 fully saturated rings. The molecule has 2 nitrogen and oxygen atoms in total. The molecule has 0 unspecified atom stereocenters. The summed E-state index contributed by atoms with van der Waals surface area (Å²) in [5.74, 6) is 0.555. The minimum absolute atomic E-state index is 0.197. The van der Waals surface area contributed by atoms with Crippen LogP contribution in [0.4, 0.5) is 0 Å². The fraction of sp³-hybridized carbons (Fsp3) is 0.545. The minimum Gasteiger partial charge on any atom is -0.465 e. The fourth-order valence-electron chi connectivity index (χ4n) is 1.91. The Labute approximate surface area is 87.9 Å². The van der Waals surface area contributed by atoms with Gasteiger partial charge in [0.05, 0.1) is 7.11 Å². The van der Waals surface area contributed by atoms with E-state index < -0.39 is 0 Å². The molecule has 1 aromatic heterocycles. The van der Waals surface area contributed by atoms with Crippen LogP contribution in [0.25, 0.3) is 0 Å². The number of carbonyl (C=O) groups excluding carboxylic acids is 1. The normalized spacial score (nSPS) is 20.3. The fourth-order valence-corrected chi connectivity index (χ4v) is 3.03. The van der Waals surface area contributed by atoms with Gasteiger partial charge in [0.1, 0.15) is 4.88 Å². The third-order valence-corrected chi connectivity index (χ3v) is 3.93. The highest BCUT2D eigenvalue weighted by Gasteiger charge is 2.20. The van der Waals surface area contributed by atoms with Gasteiger partial charge in [-0.15, -0.1) is 11.3 Å². The average molecular weight is 210 g/mol. The molecule has 14 heavy (non-hydrogen) atoms. The monoisotopic (exact) mass is 210 g/mol. The molecule has 1 heterocycles. The SMILES string of the molecule is COC(=O)c1cc2c(s1)CC[C@H](C)C2.